The van der Waals surface area contributed by atoms with Gasteiger partial charge >= 0.3 is 6.18 Å². The maximum Gasteiger partial charge on any atom is 0.420 e. The van der Waals surface area contributed by atoms with E-state index in [9.17, 15) is 13.2 Å². The number of fused-ring (bicyclic) bond motifs is 1. The summed E-state index contributed by atoms with van der Waals surface area (Å²) in [5, 5.41) is 8.99. The lowest BCUT2D eigenvalue weighted by Crippen LogP contribution is -2.39. The SMILES string of the molecule is N#Cc1ccc(O[C@@H]2c3ccccc3C[C@H]2N2CC[C@H](CN)C2)c(C(F)(F)F)c1. The summed E-state index contributed by atoms with van der Waals surface area (Å²) in [6.45, 7) is 2.30. The Hall–Kier alpha value is -2.56. The van der Waals surface area contributed by atoms with Crippen LogP contribution in [0.5, 0.6) is 5.75 Å². The zero-order valence-electron chi connectivity index (χ0n) is 15.8. The van der Waals surface area contributed by atoms with Crippen LogP contribution in [-0.4, -0.2) is 30.6 Å². The number of benzene rings is 2. The number of rotatable bonds is 4. The molecule has 4 rings (SSSR count). The van der Waals surface area contributed by atoms with Crippen molar-refractivity contribution in [3.05, 3.63) is 64.7 Å². The van der Waals surface area contributed by atoms with E-state index in [2.05, 4.69) is 4.90 Å². The average molecular weight is 401 g/mol. The predicted molar refractivity (Wildman–Crippen MR) is 102 cm³/mol. The molecular weight excluding hydrogens is 379 g/mol. The van der Waals surface area contributed by atoms with Crippen LogP contribution in [0, 0.1) is 17.2 Å². The first-order chi connectivity index (χ1) is 13.9. The van der Waals surface area contributed by atoms with Gasteiger partial charge in [-0.15, -0.1) is 0 Å². The van der Waals surface area contributed by atoms with Crippen LogP contribution in [0.4, 0.5) is 13.2 Å². The Kier molecular flexibility index (Phi) is 5.24. The maximum absolute atomic E-state index is 13.6. The number of hydrogen-bond donors (Lipinski definition) is 1. The van der Waals surface area contributed by atoms with Gasteiger partial charge in [0.2, 0.25) is 0 Å². The van der Waals surface area contributed by atoms with Gasteiger partial charge in [-0.1, -0.05) is 24.3 Å². The van der Waals surface area contributed by atoms with E-state index >= 15 is 0 Å². The monoisotopic (exact) mass is 401 g/mol. The van der Waals surface area contributed by atoms with E-state index in [1.807, 2.05) is 24.3 Å². The Bertz CT molecular complexity index is 938. The molecule has 2 N–H and O–H groups in total. The highest BCUT2D eigenvalue weighted by atomic mass is 19.4. The normalized spacial score (nSPS) is 24.3. The molecule has 0 spiro atoms. The average Bonchev–Trinajstić information content (AvgIpc) is 3.32. The van der Waals surface area contributed by atoms with Gasteiger partial charge in [0, 0.05) is 6.54 Å². The highest BCUT2D eigenvalue weighted by Gasteiger charge is 2.42. The second-order valence-corrected chi connectivity index (χ2v) is 7.71. The summed E-state index contributed by atoms with van der Waals surface area (Å²) in [6, 6.07) is 12.9. The second-order valence-electron chi connectivity index (χ2n) is 7.71. The molecule has 3 atom stereocenters. The van der Waals surface area contributed by atoms with E-state index in [4.69, 9.17) is 15.7 Å². The number of hydrogen-bond acceptors (Lipinski definition) is 4. The minimum atomic E-state index is -4.60. The van der Waals surface area contributed by atoms with Gasteiger partial charge in [-0.2, -0.15) is 18.4 Å². The van der Waals surface area contributed by atoms with Crippen LogP contribution in [0.25, 0.3) is 0 Å². The molecule has 0 saturated carbocycles. The summed E-state index contributed by atoms with van der Waals surface area (Å²) >= 11 is 0. The fourth-order valence-corrected chi connectivity index (χ4v) is 4.42. The third-order valence-electron chi connectivity index (χ3n) is 5.93. The molecule has 4 nitrogen and oxygen atoms in total. The van der Waals surface area contributed by atoms with Crippen LogP contribution < -0.4 is 10.5 Å². The molecule has 1 heterocycles. The fourth-order valence-electron chi connectivity index (χ4n) is 4.42. The fraction of sp³-hybridized carbons (Fsp3) is 0.409. The van der Waals surface area contributed by atoms with Gasteiger partial charge in [-0.05, 0) is 61.2 Å². The van der Waals surface area contributed by atoms with Crippen LogP contribution in [0.15, 0.2) is 42.5 Å². The van der Waals surface area contributed by atoms with Gasteiger partial charge in [0.25, 0.3) is 0 Å². The zero-order chi connectivity index (χ0) is 20.6. The van der Waals surface area contributed by atoms with Crippen molar-refractivity contribution in [2.45, 2.75) is 31.2 Å². The van der Waals surface area contributed by atoms with Crippen molar-refractivity contribution in [3.63, 3.8) is 0 Å². The van der Waals surface area contributed by atoms with Gasteiger partial charge in [-0.25, -0.2) is 0 Å². The maximum atomic E-state index is 13.6. The second kappa shape index (κ2) is 7.69. The third kappa shape index (κ3) is 3.83. The van der Waals surface area contributed by atoms with Crippen molar-refractivity contribution in [2.24, 2.45) is 11.7 Å². The van der Waals surface area contributed by atoms with Gasteiger partial charge in [-0.3, -0.25) is 4.90 Å². The van der Waals surface area contributed by atoms with Crippen molar-refractivity contribution in [2.75, 3.05) is 19.6 Å². The van der Waals surface area contributed by atoms with Crippen molar-refractivity contribution in [3.8, 4) is 11.8 Å². The molecule has 0 bridgehead atoms. The number of ether oxygens (including phenoxy) is 1. The lowest BCUT2D eigenvalue weighted by molar-refractivity contribution is -0.139. The van der Waals surface area contributed by atoms with E-state index in [0.717, 1.165) is 43.1 Å². The Morgan fingerprint density at radius 2 is 2.00 bits per heavy atom. The molecular formula is C22H22F3N3O. The molecule has 152 valence electrons. The molecule has 0 unspecified atom stereocenters. The number of nitrogens with zero attached hydrogens (tertiary/aromatic N) is 2. The molecule has 1 saturated heterocycles. The molecule has 1 fully saturated rings. The van der Waals surface area contributed by atoms with Crippen LogP contribution in [0.3, 0.4) is 0 Å². The number of halogens is 3. The Labute approximate surface area is 167 Å². The Morgan fingerprint density at radius 1 is 1.21 bits per heavy atom. The van der Waals surface area contributed by atoms with Crippen molar-refractivity contribution in [1.29, 1.82) is 5.26 Å². The van der Waals surface area contributed by atoms with Crippen LogP contribution >= 0.6 is 0 Å². The van der Waals surface area contributed by atoms with Gasteiger partial charge < -0.3 is 10.5 Å². The lowest BCUT2D eigenvalue weighted by atomic mass is 10.1. The Balaban J connectivity index is 1.69. The number of nitriles is 1. The van der Waals surface area contributed by atoms with Gasteiger partial charge in [0.1, 0.15) is 11.9 Å². The first-order valence-corrected chi connectivity index (χ1v) is 9.70. The van der Waals surface area contributed by atoms with Gasteiger partial charge in [0.05, 0.1) is 23.2 Å². The Morgan fingerprint density at radius 3 is 2.69 bits per heavy atom. The molecule has 2 aromatic rings. The lowest BCUT2D eigenvalue weighted by Gasteiger charge is -2.31. The number of alkyl halides is 3. The smallest absolute Gasteiger partial charge is 0.420 e. The van der Waals surface area contributed by atoms with Crippen molar-refractivity contribution >= 4 is 0 Å². The first-order valence-electron chi connectivity index (χ1n) is 9.70. The molecule has 1 aliphatic heterocycles. The molecule has 2 aliphatic rings. The first kappa shape index (κ1) is 19.7. The van der Waals surface area contributed by atoms with E-state index < -0.39 is 17.8 Å². The largest absolute Gasteiger partial charge is 0.483 e. The zero-order valence-corrected chi connectivity index (χ0v) is 15.8. The number of likely N-dealkylation sites (tertiary alicyclic amines) is 1. The molecule has 1 aliphatic carbocycles. The molecule has 0 radical (unpaired) electrons. The molecule has 2 aromatic carbocycles. The molecule has 0 amide bonds. The van der Waals surface area contributed by atoms with E-state index in [1.165, 1.54) is 12.1 Å². The van der Waals surface area contributed by atoms with Crippen LogP contribution in [-0.2, 0) is 12.6 Å². The highest BCUT2D eigenvalue weighted by molar-refractivity contribution is 5.45. The topological polar surface area (TPSA) is 62.3 Å². The summed E-state index contributed by atoms with van der Waals surface area (Å²) in [5.41, 5.74) is 6.88. The number of nitrogens with two attached hydrogens (primary N) is 1. The van der Waals surface area contributed by atoms with Gasteiger partial charge in [0.15, 0.2) is 0 Å². The van der Waals surface area contributed by atoms with E-state index in [-0.39, 0.29) is 17.4 Å². The van der Waals surface area contributed by atoms with Crippen LogP contribution in [0.1, 0.15) is 34.8 Å². The summed E-state index contributed by atoms with van der Waals surface area (Å²) in [4.78, 5) is 2.29. The summed E-state index contributed by atoms with van der Waals surface area (Å²) < 4.78 is 46.9. The minimum Gasteiger partial charge on any atom is -0.483 e. The molecule has 29 heavy (non-hydrogen) atoms. The van der Waals surface area contributed by atoms with E-state index in [0.29, 0.717) is 12.5 Å². The summed E-state index contributed by atoms with van der Waals surface area (Å²) in [7, 11) is 0. The highest BCUT2D eigenvalue weighted by Crippen LogP contribution is 2.43. The van der Waals surface area contributed by atoms with Crippen molar-refractivity contribution < 1.29 is 17.9 Å². The minimum absolute atomic E-state index is 0.0410. The summed E-state index contributed by atoms with van der Waals surface area (Å²) in [6.07, 6.45) is -3.39. The third-order valence-corrected chi connectivity index (χ3v) is 5.93. The van der Waals surface area contributed by atoms with E-state index in [1.54, 1.807) is 6.07 Å². The standard InChI is InChI=1S/C22H22F3N3O/c23-22(24,25)18-9-14(11-26)5-6-20(18)29-21-17-4-2-1-3-16(17)10-19(21)28-8-7-15(12-27)13-28/h1-6,9,15,19,21H,7-8,10,12-13,27H2/t15-,19-,21-/m1/s1. The quantitative estimate of drug-likeness (QED) is 0.844. The van der Waals surface area contributed by atoms with Crippen LogP contribution in [0.2, 0.25) is 0 Å². The molecule has 0 aromatic heterocycles. The predicted octanol–water partition coefficient (Wildman–Crippen LogP) is 3.90. The summed E-state index contributed by atoms with van der Waals surface area (Å²) in [5.74, 6) is 0.165. The van der Waals surface area contributed by atoms with Crippen molar-refractivity contribution in [1.82, 2.24) is 4.90 Å². The molecule has 7 heteroatoms.